The number of amides is 1. The quantitative estimate of drug-likeness (QED) is 0.866. The van der Waals surface area contributed by atoms with Gasteiger partial charge < -0.3 is 10.2 Å². The molecule has 1 amide bonds. The molecule has 0 aromatic heterocycles. The molecular formula is C16H23N3O. The van der Waals surface area contributed by atoms with Crippen LogP contribution in [0.5, 0.6) is 0 Å². The average molecular weight is 273 g/mol. The van der Waals surface area contributed by atoms with Gasteiger partial charge in [0.15, 0.2) is 0 Å². The van der Waals surface area contributed by atoms with Gasteiger partial charge in [-0.2, -0.15) is 5.26 Å². The molecule has 0 aliphatic heterocycles. The summed E-state index contributed by atoms with van der Waals surface area (Å²) < 4.78 is 0. The van der Waals surface area contributed by atoms with E-state index < -0.39 is 0 Å². The van der Waals surface area contributed by atoms with Gasteiger partial charge in [0, 0.05) is 30.9 Å². The van der Waals surface area contributed by atoms with Gasteiger partial charge in [0.25, 0.3) is 5.91 Å². The van der Waals surface area contributed by atoms with E-state index in [1.165, 1.54) is 0 Å². The molecule has 0 saturated heterocycles. The Bertz CT molecular complexity index is 505. The fraction of sp³-hybridized carbons (Fsp3) is 0.500. The third-order valence-corrected chi connectivity index (χ3v) is 3.41. The summed E-state index contributed by atoms with van der Waals surface area (Å²) in [6, 6.07) is 7.70. The van der Waals surface area contributed by atoms with Crippen molar-refractivity contribution in [2.75, 3.05) is 18.9 Å². The molecule has 0 bridgehead atoms. The van der Waals surface area contributed by atoms with Crippen LogP contribution in [0.4, 0.5) is 5.69 Å². The van der Waals surface area contributed by atoms with E-state index in [4.69, 9.17) is 5.26 Å². The predicted molar refractivity (Wildman–Crippen MR) is 81.7 cm³/mol. The Kier molecular flexibility index (Phi) is 6.05. The summed E-state index contributed by atoms with van der Waals surface area (Å²) in [5.74, 6) is -0.0436. The van der Waals surface area contributed by atoms with Gasteiger partial charge in [0.2, 0.25) is 0 Å². The second kappa shape index (κ2) is 7.54. The van der Waals surface area contributed by atoms with Gasteiger partial charge >= 0.3 is 0 Å². The minimum absolute atomic E-state index is 0.0436. The molecule has 0 fully saturated rings. The molecule has 4 nitrogen and oxygen atoms in total. The molecule has 1 atom stereocenters. The van der Waals surface area contributed by atoms with E-state index in [1.807, 2.05) is 32.0 Å². The maximum absolute atomic E-state index is 12.3. The molecule has 0 heterocycles. The van der Waals surface area contributed by atoms with Crippen molar-refractivity contribution in [3.8, 4) is 6.07 Å². The highest BCUT2D eigenvalue weighted by Crippen LogP contribution is 2.18. The van der Waals surface area contributed by atoms with Crippen molar-refractivity contribution in [3.63, 3.8) is 0 Å². The number of anilines is 1. The summed E-state index contributed by atoms with van der Waals surface area (Å²) in [6.07, 6.45) is 1.41. The molecule has 4 heteroatoms. The zero-order valence-electron chi connectivity index (χ0n) is 12.7. The van der Waals surface area contributed by atoms with Gasteiger partial charge in [-0.25, -0.2) is 0 Å². The molecule has 1 aromatic rings. The van der Waals surface area contributed by atoms with Crippen LogP contribution in [-0.4, -0.2) is 30.4 Å². The zero-order valence-corrected chi connectivity index (χ0v) is 12.7. The number of aryl methyl sites for hydroxylation is 1. The summed E-state index contributed by atoms with van der Waals surface area (Å²) in [7, 11) is 1.74. The van der Waals surface area contributed by atoms with E-state index in [0.717, 1.165) is 24.2 Å². The first-order valence-corrected chi connectivity index (χ1v) is 6.99. The Morgan fingerprint density at radius 1 is 1.50 bits per heavy atom. The lowest BCUT2D eigenvalue weighted by atomic mass is 10.1. The standard InChI is InChI=1S/C16H23N3O/c1-5-10-18-15-7-6-14(11-12(15)2)16(20)19(4)13(3)8-9-17/h6-7,11,13,18H,5,8,10H2,1-4H3. The number of hydrogen-bond donors (Lipinski definition) is 1. The second-order valence-electron chi connectivity index (χ2n) is 5.08. The number of benzene rings is 1. The summed E-state index contributed by atoms with van der Waals surface area (Å²) in [5, 5.41) is 12.0. The van der Waals surface area contributed by atoms with Gasteiger partial charge in [-0.1, -0.05) is 6.92 Å². The molecule has 108 valence electrons. The molecule has 0 spiro atoms. The van der Waals surface area contributed by atoms with Crippen molar-refractivity contribution in [2.24, 2.45) is 0 Å². The first kappa shape index (κ1) is 16.0. The van der Waals surface area contributed by atoms with Crippen LogP contribution in [0.3, 0.4) is 0 Å². The molecule has 0 aliphatic rings. The fourth-order valence-corrected chi connectivity index (χ4v) is 1.93. The molecule has 1 N–H and O–H groups in total. The SMILES string of the molecule is CCCNc1ccc(C(=O)N(C)C(C)CC#N)cc1C. The van der Waals surface area contributed by atoms with Crippen molar-refractivity contribution >= 4 is 11.6 Å². The van der Waals surface area contributed by atoms with E-state index in [0.29, 0.717) is 12.0 Å². The van der Waals surface area contributed by atoms with Crippen LogP contribution < -0.4 is 5.32 Å². The van der Waals surface area contributed by atoms with Crippen LogP contribution in [0, 0.1) is 18.3 Å². The third-order valence-electron chi connectivity index (χ3n) is 3.41. The van der Waals surface area contributed by atoms with Crippen molar-refractivity contribution in [1.29, 1.82) is 5.26 Å². The van der Waals surface area contributed by atoms with E-state index in [2.05, 4.69) is 18.3 Å². The van der Waals surface area contributed by atoms with Crippen LogP contribution in [0.2, 0.25) is 0 Å². The normalized spacial score (nSPS) is 11.6. The van der Waals surface area contributed by atoms with Crippen LogP contribution in [0.1, 0.15) is 42.6 Å². The highest BCUT2D eigenvalue weighted by molar-refractivity contribution is 5.95. The summed E-state index contributed by atoms with van der Waals surface area (Å²) in [6.45, 7) is 6.91. The topological polar surface area (TPSA) is 56.1 Å². The fourth-order valence-electron chi connectivity index (χ4n) is 1.93. The third kappa shape index (κ3) is 3.99. The maximum Gasteiger partial charge on any atom is 0.253 e. The number of nitrogens with zero attached hydrogens (tertiary/aromatic N) is 2. The monoisotopic (exact) mass is 273 g/mol. The number of rotatable bonds is 6. The minimum Gasteiger partial charge on any atom is -0.385 e. The van der Waals surface area contributed by atoms with Crippen LogP contribution in [0.15, 0.2) is 18.2 Å². The van der Waals surface area contributed by atoms with Crippen LogP contribution in [0.25, 0.3) is 0 Å². The maximum atomic E-state index is 12.3. The molecule has 0 radical (unpaired) electrons. The molecule has 20 heavy (non-hydrogen) atoms. The predicted octanol–water partition coefficient (Wildman–Crippen LogP) is 3.19. The Morgan fingerprint density at radius 2 is 2.20 bits per heavy atom. The van der Waals surface area contributed by atoms with Gasteiger partial charge in [-0.3, -0.25) is 4.79 Å². The zero-order chi connectivity index (χ0) is 15.1. The van der Waals surface area contributed by atoms with Crippen molar-refractivity contribution in [1.82, 2.24) is 4.90 Å². The Balaban J connectivity index is 2.84. The molecule has 1 rings (SSSR count). The lowest BCUT2D eigenvalue weighted by molar-refractivity contribution is 0.0746. The van der Waals surface area contributed by atoms with E-state index in [9.17, 15) is 4.79 Å². The van der Waals surface area contributed by atoms with Gasteiger partial charge in [0.05, 0.1) is 12.5 Å². The van der Waals surface area contributed by atoms with Crippen LogP contribution in [-0.2, 0) is 0 Å². The molecule has 0 saturated carbocycles. The second-order valence-corrected chi connectivity index (χ2v) is 5.08. The van der Waals surface area contributed by atoms with Gasteiger partial charge in [-0.15, -0.1) is 0 Å². The van der Waals surface area contributed by atoms with Gasteiger partial charge in [0.1, 0.15) is 0 Å². The number of nitrogens with one attached hydrogen (secondary N) is 1. The Hall–Kier alpha value is -2.02. The summed E-state index contributed by atoms with van der Waals surface area (Å²) >= 11 is 0. The molecule has 1 aromatic carbocycles. The molecule has 1 unspecified atom stereocenters. The Morgan fingerprint density at radius 3 is 2.75 bits per heavy atom. The number of hydrogen-bond acceptors (Lipinski definition) is 3. The average Bonchev–Trinajstić information content (AvgIpc) is 2.44. The largest absolute Gasteiger partial charge is 0.385 e. The highest BCUT2D eigenvalue weighted by Gasteiger charge is 2.17. The number of carbonyl (C=O) groups excluding carboxylic acids is 1. The summed E-state index contributed by atoms with van der Waals surface area (Å²) in [5.41, 5.74) is 2.79. The minimum atomic E-state index is -0.0781. The molecule has 0 aliphatic carbocycles. The lowest BCUT2D eigenvalue weighted by Gasteiger charge is -2.23. The smallest absolute Gasteiger partial charge is 0.253 e. The van der Waals surface area contributed by atoms with Crippen molar-refractivity contribution in [3.05, 3.63) is 29.3 Å². The molecular weight excluding hydrogens is 250 g/mol. The van der Waals surface area contributed by atoms with Crippen LogP contribution >= 0.6 is 0 Å². The first-order valence-electron chi connectivity index (χ1n) is 6.99. The van der Waals surface area contributed by atoms with Crippen molar-refractivity contribution < 1.29 is 4.79 Å². The first-order chi connectivity index (χ1) is 9.51. The van der Waals surface area contributed by atoms with Crippen molar-refractivity contribution in [2.45, 2.75) is 39.7 Å². The highest BCUT2D eigenvalue weighted by atomic mass is 16.2. The Labute approximate surface area is 121 Å². The van der Waals surface area contributed by atoms with E-state index >= 15 is 0 Å². The van der Waals surface area contributed by atoms with Gasteiger partial charge in [-0.05, 0) is 44.0 Å². The number of nitriles is 1. The van der Waals surface area contributed by atoms with E-state index in [-0.39, 0.29) is 11.9 Å². The van der Waals surface area contributed by atoms with E-state index in [1.54, 1.807) is 11.9 Å². The lowest BCUT2D eigenvalue weighted by Crippen LogP contribution is -2.34. The number of carbonyl (C=O) groups is 1. The summed E-state index contributed by atoms with van der Waals surface area (Å²) in [4.78, 5) is 14.0.